The highest BCUT2D eigenvalue weighted by Gasteiger charge is 2.20. The number of aromatic nitrogens is 7. The highest BCUT2D eigenvalue weighted by Crippen LogP contribution is 2.32. The summed E-state index contributed by atoms with van der Waals surface area (Å²) < 4.78 is 32.7. The van der Waals surface area contributed by atoms with Crippen LogP contribution in [0, 0.1) is 6.92 Å². The van der Waals surface area contributed by atoms with E-state index in [0.29, 0.717) is 47.3 Å². The van der Waals surface area contributed by atoms with Gasteiger partial charge in [0.05, 0.1) is 24.0 Å². The average Bonchev–Trinajstić information content (AvgIpc) is 3.49. The normalized spacial score (nSPS) is 16.5. The minimum Gasteiger partial charge on any atom is -0.379 e. The van der Waals surface area contributed by atoms with E-state index in [4.69, 9.17) is 4.74 Å². The number of aryl methyl sites for hydroxylation is 1. The van der Waals surface area contributed by atoms with Gasteiger partial charge in [-0.25, -0.2) is 23.7 Å². The van der Waals surface area contributed by atoms with Crippen molar-refractivity contribution in [1.29, 1.82) is 0 Å². The summed E-state index contributed by atoms with van der Waals surface area (Å²) >= 11 is 0. The van der Waals surface area contributed by atoms with E-state index in [9.17, 15) is 8.78 Å². The Morgan fingerprint density at radius 1 is 1.35 bits per heavy atom. The Hall–Kier alpha value is -3.47. The number of fused-ring (bicyclic) bond motifs is 1. The van der Waals surface area contributed by atoms with Crippen LogP contribution in [0.15, 0.2) is 30.7 Å². The Kier molecular flexibility index (Phi) is 5.02. The van der Waals surface area contributed by atoms with Gasteiger partial charge in [0.15, 0.2) is 5.65 Å². The molecule has 5 heterocycles. The first-order valence-corrected chi connectivity index (χ1v) is 9.91. The second-order valence-corrected chi connectivity index (χ2v) is 7.40. The first-order valence-electron chi connectivity index (χ1n) is 9.91. The monoisotopic (exact) mass is 426 g/mol. The molecule has 1 unspecified atom stereocenters. The number of rotatable bonds is 6. The summed E-state index contributed by atoms with van der Waals surface area (Å²) in [4.78, 5) is 13.3. The smallest absolute Gasteiger partial charge is 0.257 e. The lowest BCUT2D eigenvalue weighted by Gasteiger charge is -2.11. The van der Waals surface area contributed by atoms with Gasteiger partial charge in [-0.15, -0.1) is 0 Å². The van der Waals surface area contributed by atoms with Crippen molar-refractivity contribution in [2.45, 2.75) is 32.4 Å². The lowest BCUT2D eigenvalue weighted by molar-refractivity contribution is 0.122. The molecule has 0 amide bonds. The Bertz CT molecular complexity index is 1220. The van der Waals surface area contributed by atoms with Crippen LogP contribution in [0.1, 0.15) is 12.1 Å². The molecule has 1 fully saturated rings. The van der Waals surface area contributed by atoms with Crippen LogP contribution in [0.5, 0.6) is 0 Å². The number of ether oxygens (including phenoxy) is 1. The van der Waals surface area contributed by atoms with Crippen LogP contribution in [0.2, 0.25) is 0 Å². The highest BCUT2D eigenvalue weighted by atomic mass is 19.3. The molecular weight excluding hydrogens is 406 g/mol. The molecule has 0 aromatic carbocycles. The SMILES string of the molecule is Cc1n[nH]c2ncc(-c3nn(CC(F)F)cc3-c3ccnc(NC4CCOC4)n3)cc12. The Labute approximate surface area is 175 Å². The number of pyridine rings is 1. The number of alkyl halides is 2. The molecule has 0 bridgehead atoms. The van der Waals surface area contributed by atoms with Gasteiger partial charge in [0, 0.05) is 41.7 Å². The molecule has 4 aromatic heterocycles. The third-order valence-electron chi connectivity index (χ3n) is 5.16. The molecule has 1 aliphatic heterocycles. The lowest BCUT2D eigenvalue weighted by Crippen LogP contribution is -2.20. The van der Waals surface area contributed by atoms with Crippen molar-refractivity contribution >= 4 is 17.0 Å². The van der Waals surface area contributed by atoms with Gasteiger partial charge in [-0.2, -0.15) is 10.2 Å². The second-order valence-electron chi connectivity index (χ2n) is 7.40. The van der Waals surface area contributed by atoms with Gasteiger partial charge in [-0.05, 0) is 25.5 Å². The van der Waals surface area contributed by atoms with Crippen molar-refractivity contribution in [1.82, 2.24) is 34.9 Å². The molecular formula is C20H20F2N8O. The van der Waals surface area contributed by atoms with Gasteiger partial charge < -0.3 is 10.1 Å². The maximum absolute atomic E-state index is 13.0. The number of nitrogens with zero attached hydrogens (tertiary/aromatic N) is 6. The van der Waals surface area contributed by atoms with Gasteiger partial charge in [-0.3, -0.25) is 9.78 Å². The third-order valence-corrected chi connectivity index (χ3v) is 5.16. The van der Waals surface area contributed by atoms with Crippen molar-refractivity contribution in [2.24, 2.45) is 0 Å². The second kappa shape index (κ2) is 7.99. The molecule has 1 saturated heterocycles. The summed E-state index contributed by atoms with van der Waals surface area (Å²) in [5.41, 5.74) is 3.86. The number of nitrogens with one attached hydrogen (secondary N) is 2. The molecule has 1 aliphatic rings. The van der Waals surface area contributed by atoms with Gasteiger partial charge >= 0.3 is 0 Å². The number of H-pyrrole nitrogens is 1. The predicted molar refractivity (Wildman–Crippen MR) is 110 cm³/mol. The van der Waals surface area contributed by atoms with E-state index in [-0.39, 0.29) is 6.04 Å². The zero-order valence-electron chi connectivity index (χ0n) is 16.7. The molecule has 4 aromatic rings. The maximum atomic E-state index is 13.0. The van der Waals surface area contributed by atoms with E-state index in [1.165, 1.54) is 4.68 Å². The maximum Gasteiger partial charge on any atom is 0.257 e. The van der Waals surface area contributed by atoms with Gasteiger partial charge in [0.2, 0.25) is 5.95 Å². The Morgan fingerprint density at radius 2 is 2.26 bits per heavy atom. The minimum atomic E-state index is -2.53. The van der Waals surface area contributed by atoms with Gasteiger partial charge in [0.25, 0.3) is 6.43 Å². The molecule has 0 aliphatic carbocycles. The zero-order valence-corrected chi connectivity index (χ0v) is 16.7. The van der Waals surface area contributed by atoms with Crippen LogP contribution in [0.4, 0.5) is 14.7 Å². The van der Waals surface area contributed by atoms with E-state index in [1.54, 1.807) is 24.7 Å². The van der Waals surface area contributed by atoms with Gasteiger partial charge in [-0.1, -0.05) is 0 Å². The van der Waals surface area contributed by atoms with Crippen LogP contribution in [-0.2, 0) is 11.3 Å². The molecule has 31 heavy (non-hydrogen) atoms. The summed E-state index contributed by atoms with van der Waals surface area (Å²) in [5.74, 6) is 0.458. The number of hydrogen-bond acceptors (Lipinski definition) is 7. The van der Waals surface area contributed by atoms with E-state index >= 15 is 0 Å². The predicted octanol–water partition coefficient (Wildman–Crippen LogP) is 3.05. The van der Waals surface area contributed by atoms with Crippen LogP contribution in [-0.4, -0.2) is 60.6 Å². The van der Waals surface area contributed by atoms with Crippen molar-refractivity contribution in [3.8, 4) is 22.5 Å². The van der Waals surface area contributed by atoms with E-state index in [0.717, 1.165) is 17.5 Å². The fourth-order valence-corrected chi connectivity index (χ4v) is 3.62. The zero-order chi connectivity index (χ0) is 21.4. The van der Waals surface area contributed by atoms with Crippen LogP contribution < -0.4 is 5.32 Å². The van der Waals surface area contributed by atoms with E-state index in [2.05, 4.69) is 35.6 Å². The van der Waals surface area contributed by atoms with Crippen molar-refractivity contribution < 1.29 is 13.5 Å². The van der Waals surface area contributed by atoms with Crippen molar-refractivity contribution in [2.75, 3.05) is 18.5 Å². The fourth-order valence-electron chi connectivity index (χ4n) is 3.62. The molecule has 11 heteroatoms. The van der Waals surface area contributed by atoms with Gasteiger partial charge in [0.1, 0.15) is 12.2 Å². The summed E-state index contributed by atoms with van der Waals surface area (Å²) in [7, 11) is 0. The first-order chi connectivity index (χ1) is 15.1. The standard InChI is InChI=1S/C20H20F2N8O/c1-11-14-6-12(7-24-19(14)28-27-11)18-15(8-30(29-18)9-17(21)22)16-2-4-23-20(26-16)25-13-3-5-31-10-13/h2,4,6-8,13,17H,3,5,9-10H2,1H3,(H,23,25,26)(H,24,27,28). The molecule has 5 rings (SSSR count). The van der Waals surface area contributed by atoms with Crippen LogP contribution in [0.3, 0.4) is 0 Å². The number of aromatic amines is 1. The Balaban J connectivity index is 1.57. The molecule has 1 atom stereocenters. The highest BCUT2D eigenvalue weighted by molar-refractivity contribution is 5.86. The topological polar surface area (TPSA) is 106 Å². The number of halogens is 2. The summed E-state index contributed by atoms with van der Waals surface area (Å²) in [5, 5.41) is 15.5. The first kappa shape index (κ1) is 19.5. The molecule has 0 radical (unpaired) electrons. The third kappa shape index (κ3) is 3.96. The number of hydrogen-bond donors (Lipinski definition) is 2. The summed E-state index contributed by atoms with van der Waals surface area (Å²) in [6.45, 7) is 2.66. The lowest BCUT2D eigenvalue weighted by atomic mass is 10.1. The van der Waals surface area contributed by atoms with Crippen LogP contribution >= 0.6 is 0 Å². The largest absolute Gasteiger partial charge is 0.379 e. The average molecular weight is 426 g/mol. The molecule has 9 nitrogen and oxygen atoms in total. The fraction of sp³-hybridized carbons (Fsp3) is 0.350. The molecule has 0 spiro atoms. The molecule has 2 N–H and O–H groups in total. The van der Waals surface area contributed by atoms with E-state index < -0.39 is 13.0 Å². The summed E-state index contributed by atoms with van der Waals surface area (Å²) in [6.07, 6.45) is 3.22. The molecule has 0 saturated carbocycles. The van der Waals surface area contributed by atoms with Crippen molar-refractivity contribution in [3.63, 3.8) is 0 Å². The number of anilines is 1. The Morgan fingerprint density at radius 3 is 3.06 bits per heavy atom. The quantitative estimate of drug-likeness (QED) is 0.488. The van der Waals surface area contributed by atoms with Crippen LogP contribution in [0.25, 0.3) is 33.5 Å². The summed E-state index contributed by atoms with van der Waals surface area (Å²) in [6, 6.07) is 3.78. The minimum absolute atomic E-state index is 0.145. The van der Waals surface area contributed by atoms with Crippen molar-refractivity contribution in [3.05, 3.63) is 36.4 Å². The molecule has 160 valence electrons. The van der Waals surface area contributed by atoms with E-state index in [1.807, 2.05) is 13.0 Å².